The number of para-hydroxylation sites is 1. The molecule has 4 nitrogen and oxygen atoms in total. The van der Waals surface area contributed by atoms with E-state index in [-0.39, 0.29) is 11.1 Å². The summed E-state index contributed by atoms with van der Waals surface area (Å²) >= 11 is 0. The summed E-state index contributed by atoms with van der Waals surface area (Å²) in [7, 11) is 0. The molecule has 0 radical (unpaired) electrons. The van der Waals surface area contributed by atoms with Gasteiger partial charge in [-0.2, -0.15) is 0 Å². The van der Waals surface area contributed by atoms with E-state index >= 15 is 17.6 Å². The molecule has 412 valence electrons. The Bertz CT molecular complexity index is 4610. The van der Waals surface area contributed by atoms with E-state index < -0.39 is 34.1 Å². The molecule has 8 heteroatoms. The summed E-state index contributed by atoms with van der Waals surface area (Å²) in [5.41, 5.74) is 10.4. The molecule has 0 amide bonds. The molecule has 2 aliphatic carbocycles. The van der Waals surface area contributed by atoms with E-state index in [2.05, 4.69) is 30.2 Å². The van der Waals surface area contributed by atoms with E-state index in [1.807, 2.05) is 212 Å². The molecule has 0 bridgehead atoms. The van der Waals surface area contributed by atoms with Crippen LogP contribution in [0.25, 0.3) is 56.3 Å². The van der Waals surface area contributed by atoms with Gasteiger partial charge in [0.15, 0.2) is 23.3 Å². The lowest BCUT2D eigenvalue weighted by molar-refractivity contribution is 0.480. The van der Waals surface area contributed by atoms with Crippen molar-refractivity contribution in [2.75, 3.05) is 4.90 Å². The zero-order chi connectivity index (χ0) is 58.3. The van der Waals surface area contributed by atoms with Gasteiger partial charge in [0, 0.05) is 45.0 Å². The Morgan fingerprint density at radius 3 is 1.20 bits per heavy atom. The number of hydrogen-bond acceptors (Lipinski definition) is 4. The van der Waals surface area contributed by atoms with Crippen molar-refractivity contribution >= 4 is 51.2 Å². The summed E-state index contributed by atoms with van der Waals surface area (Å²) < 4.78 is 86.2. The second-order valence-electron chi connectivity index (χ2n) is 21.7. The first-order valence-corrected chi connectivity index (χ1v) is 28.3. The minimum absolute atomic E-state index is 0.129. The molecule has 0 spiro atoms. The van der Waals surface area contributed by atoms with Crippen LogP contribution in [0.1, 0.15) is 55.6 Å². The Morgan fingerprint density at radius 2 is 0.721 bits per heavy atom. The topological polar surface area (TPSA) is 34.8 Å². The Labute approximate surface area is 494 Å². The first-order chi connectivity index (χ1) is 42.1. The van der Waals surface area contributed by atoms with E-state index in [0.717, 1.165) is 73.0 Å². The minimum Gasteiger partial charge on any atom is -0.457 e. The number of nitrogens with zero attached hydrogens (tertiary/aromatic N) is 1. The van der Waals surface area contributed by atoms with E-state index in [1.54, 1.807) is 36.4 Å². The van der Waals surface area contributed by atoms with Gasteiger partial charge in [-0.3, -0.25) is 0 Å². The van der Waals surface area contributed by atoms with Gasteiger partial charge in [0.2, 0.25) is 0 Å². The average Bonchev–Trinajstić information content (AvgIpc) is 1.55. The second kappa shape index (κ2) is 20.4. The van der Waals surface area contributed by atoms with Crippen molar-refractivity contribution in [1.82, 2.24) is 0 Å². The van der Waals surface area contributed by atoms with E-state index in [9.17, 15) is 0 Å². The van der Waals surface area contributed by atoms with E-state index in [1.165, 1.54) is 0 Å². The van der Waals surface area contributed by atoms with Crippen LogP contribution in [0.4, 0.5) is 34.6 Å². The Balaban J connectivity index is 0.963. The molecule has 0 N–H and O–H groups in total. The molecular weight excluding hydrogens is 1070 g/mol. The molecule has 1 aromatic heterocycles. The fraction of sp³-hybridized carbons (Fsp3) is 0.0256. The molecule has 13 aromatic rings. The van der Waals surface area contributed by atoms with Gasteiger partial charge < -0.3 is 18.8 Å². The zero-order valence-electron chi connectivity index (χ0n) is 46.1. The molecule has 2 aliphatic rings. The highest BCUT2D eigenvalue weighted by Gasteiger charge is 2.50. The second-order valence-corrected chi connectivity index (χ2v) is 21.7. The quantitative estimate of drug-likeness (QED) is 0.108. The molecule has 12 aromatic carbocycles. The number of benzene rings is 12. The third-order valence-corrected chi connectivity index (χ3v) is 17.2. The maximum Gasteiger partial charge on any atom is 0.163 e. The molecular formula is C78H49F4NO3. The predicted octanol–water partition coefficient (Wildman–Crippen LogP) is 21.2. The lowest BCUT2D eigenvalue weighted by atomic mass is 9.67. The summed E-state index contributed by atoms with van der Waals surface area (Å²) in [5.74, 6) is -1.56. The van der Waals surface area contributed by atoms with Crippen molar-refractivity contribution < 1.29 is 31.5 Å². The van der Waals surface area contributed by atoms with E-state index in [0.29, 0.717) is 67.9 Å². The molecule has 0 fully saturated rings. The van der Waals surface area contributed by atoms with Crippen LogP contribution in [0.5, 0.6) is 23.0 Å². The van der Waals surface area contributed by atoms with Gasteiger partial charge in [-0.1, -0.05) is 177 Å². The summed E-state index contributed by atoms with van der Waals surface area (Å²) in [5, 5.41) is 1.88. The van der Waals surface area contributed by atoms with Crippen molar-refractivity contribution in [2.45, 2.75) is 10.8 Å². The first kappa shape index (κ1) is 51.9. The molecule has 0 saturated carbocycles. The lowest BCUT2D eigenvalue weighted by Crippen LogP contribution is -2.30. The fourth-order valence-electron chi connectivity index (χ4n) is 13.4. The summed E-state index contributed by atoms with van der Waals surface area (Å²) in [6.07, 6.45) is 3.53. The van der Waals surface area contributed by atoms with Gasteiger partial charge >= 0.3 is 0 Å². The Hall–Kier alpha value is -11.0. The van der Waals surface area contributed by atoms with Gasteiger partial charge in [-0.25, -0.2) is 17.6 Å². The fourth-order valence-corrected chi connectivity index (χ4v) is 13.4. The average molecular weight is 1120 g/mol. The summed E-state index contributed by atoms with van der Waals surface area (Å²) in [4.78, 5) is 2.11. The SMILES string of the molecule is C=Cc1ccc(Oc2ccc(C3(c4cccc(F)c4F)c4ccccc4-c4ccc(N(c5ccc6c(c5)C(c5ccc(Oc7ccc(C=C)cc7)cc5)(c5cccc(F)c5F)c5ccccc5-6)c5ccc6c(c5)oc5ccccc56)cc43)cc2)cc1. The molecule has 86 heavy (non-hydrogen) atoms. The van der Waals surface area contributed by atoms with Crippen LogP contribution in [-0.4, -0.2) is 0 Å². The van der Waals surface area contributed by atoms with Crippen molar-refractivity contribution in [3.05, 3.63) is 353 Å². The molecule has 0 aliphatic heterocycles. The van der Waals surface area contributed by atoms with E-state index in [4.69, 9.17) is 13.9 Å². The third-order valence-electron chi connectivity index (χ3n) is 17.2. The van der Waals surface area contributed by atoms with Crippen LogP contribution >= 0.6 is 0 Å². The van der Waals surface area contributed by atoms with Crippen LogP contribution in [-0.2, 0) is 10.8 Å². The number of anilines is 3. The maximum atomic E-state index is 17.3. The molecule has 0 saturated heterocycles. The van der Waals surface area contributed by atoms with Crippen LogP contribution in [0, 0.1) is 23.3 Å². The molecule has 1 heterocycles. The number of furan rings is 1. The predicted molar refractivity (Wildman–Crippen MR) is 336 cm³/mol. The third kappa shape index (κ3) is 8.05. The summed E-state index contributed by atoms with van der Waals surface area (Å²) in [6.45, 7) is 7.74. The molecule has 15 rings (SSSR count). The van der Waals surface area contributed by atoms with Crippen LogP contribution in [0.15, 0.2) is 278 Å². The van der Waals surface area contributed by atoms with Crippen LogP contribution < -0.4 is 14.4 Å². The normalized spacial score (nSPS) is 15.4. The highest BCUT2D eigenvalue weighted by Crippen LogP contribution is 2.61. The maximum absolute atomic E-state index is 17.3. The van der Waals surface area contributed by atoms with Crippen molar-refractivity contribution in [2.24, 2.45) is 0 Å². The van der Waals surface area contributed by atoms with Crippen molar-refractivity contribution in [3.63, 3.8) is 0 Å². The number of fused-ring (bicyclic) bond motifs is 9. The largest absolute Gasteiger partial charge is 0.457 e. The highest BCUT2D eigenvalue weighted by molar-refractivity contribution is 6.06. The molecule has 2 unspecified atom stereocenters. The van der Waals surface area contributed by atoms with Crippen LogP contribution in [0.3, 0.4) is 0 Å². The Kier molecular flexibility index (Phi) is 12.3. The van der Waals surface area contributed by atoms with Gasteiger partial charge in [-0.05, 0) is 170 Å². The first-order valence-electron chi connectivity index (χ1n) is 28.3. The van der Waals surface area contributed by atoms with Gasteiger partial charge in [0.1, 0.15) is 34.2 Å². The number of hydrogen-bond donors (Lipinski definition) is 0. The smallest absolute Gasteiger partial charge is 0.163 e. The van der Waals surface area contributed by atoms with Crippen LogP contribution in [0.2, 0.25) is 0 Å². The number of halogens is 4. The molecule has 2 atom stereocenters. The summed E-state index contributed by atoms with van der Waals surface area (Å²) in [6, 6.07) is 81.1. The monoisotopic (exact) mass is 1120 g/mol. The zero-order valence-corrected chi connectivity index (χ0v) is 46.1. The Morgan fingerprint density at radius 1 is 0.337 bits per heavy atom. The lowest BCUT2D eigenvalue weighted by Gasteiger charge is -2.36. The van der Waals surface area contributed by atoms with Gasteiger partial charge in [0.05, 0.1) is 10.8 Å². The number of ether oxygens (including phenoxy) is 2. The van der Waals surface area contributed by atoms with Crippen molar-refractivity contribution in [1.29, 1.82) is 0 Å². The highest BCUT2D eigenvalue weighted by atomic mass is 19.2. The van der Waals surface area contributed by atoms with Gasteiger partial charge in [-0.15, -0.1) is 0 Å². The minimum atomic E-state index is -1.42. The number of rotatable bonds is 13. The van der Waals surface area contributed by atoms with Crippen molar-refractivity contribution in [3.8, 4) is 45.3 Å². The standard InChI is InChI=1S/C78H49F4NO3/c1-3-48-23-34-55(35-24-48)84-57-38-27-50(28-39-57)77(67-18-11-20-71(79)75(67)81)65-16-8-5-13-59(65)61-42-31-52(45-69(61)77)83(54-33-44-64-63-15-7-10-22-73(63)86-74(64)47-54)53-32-43-62-60-14-6-9-17-66(60)78(70(62)46-53,68-19-12-21-72(80)76(68)82)51-29-40-58(41-30-51)85-56-36-25-49(4-2)26-37-56/h3-47H,1-2H2. The van der Waals surface area contributed by atoms with Gasteiger partial charge in [0.25, 0.3) is 0 Å².